The van der Waals surface area contributed by atoms with Gasteiger partial charge in [-0.25, -0.2) is 4.98 Å². The van der Waals surface area contributed by atoms with E-state index in [1.54, 1.807) is 6.07 Å². The Balaban J connectivity index is 2.20. The Bertz CT molecular complexity index is 492. The zero-order valence-corrected chi connectivity index (χ0v) is 13.2. The number of hydrogen-bond acceptors (Lipinski definition) is 3. The van der Waals surface area contributed by atoms with E-state index in [-0.39, 0.29) is 11.9 Å². The average molecular weight is 296 g/mol. The number of pyridine rings is 1. The largest absolute Gasteiger partial charge is 0.333 e. The second-order valence-corrected chi connectivity index (χ2v) is 5.92. The molecule has 110 valence electrons. The minimum absolute atomic E-state index is 0.0623. The smallest absolute Gasteiger partial charge is 0.254 e. The van der Waals surface area contributed by atoms with Gasteiger partial charge in [-0.15, -0.1) is 0 Å². The summed E-state index contributed by atoms with van der Waals surface area (Å²) in [6.07, 6.45) is 1.84. The Morgan fingerprint density at radius 2 is 2.20 bits per heavy atom. The number of piperazine rings is 1. The molecule has 1 amide bonds. The molecule has 0 bridgehead atoms. The summed E-state index contributed by atoms with van der Waals surface area (Å²) in [7, 11) is 2.08. The molecule has 0 spiro atoms. The lowest BCUT2D eigenvalue weighted by Crippen LogP contribution is -2.52. The molecule has 1 saturated heterocycles. The van der Waals surface area contributed by atoms with Crippen LogP contribution in [0.3, 0.4) is 0 Å². The molecule has 0 radical (unpaired) electrons. The van der Waals surface area contributed by atoms with Gasteiger partial charge in [0.2, 0.25) is 0 Å². The van der Waals surface area contributed by atoms with Crippen molar-refractivity contribution in [2.24, 2.45) is 0 Å². The van der Waals surface area contributed by atoms with Gasteiger partial charge in [-0.2, -0.15) is 0 Å². The van der Waals surface area contributed by atoms with Crippen LogP contribution in [-0.4, -0.2) is 53.4 Å². The van der Waals surface area contributed by atoms with Crippen LogP contribution in [-0.2, 0) is 6.42 Å². The third-order valence-electron chi connectivity index (χ3n) is 3.69. The van der Waals surface area contributed by atoms with Crippen molar-refractivity contribution in [3.63, 3.8) is 0 Å². The van der Waals surface area contributed by atoms with Crippen LogP contribution in [0.5, 0.6) is 0 Å². The number of rotatable bonds is 3. The lowest BCUT2D eigenvalue weighted by atomic mass is 10.1. The monoisotopic (exact) mass is 295 g/mol. The Kier molecular flexibility index (Phi) is 5.00. The zero-order valence-electron chi connectivity index (χ0n) is 12.4. The number of carbonyl (C=O) groups is 1. The van der Waals surface area contributed by atoms with Gasteiger partial charge in [0.15, 0.2) is 0 Å². The van der Waals surface area contributed by atoms with E-state index in [1.165, 1.54) is 0 Å². The maximum absolute atomic E-state index is 12.6. The van der Waals surface area contributed by atoms with Crippen molar-refractivity contribution in [1.29, 1.82) is 0 Å². The van der Waals surface area contributed by atoms with Gasteiger partial charge in [-0.05, 0) is 32.5 Å². The molecule has 1 aromatic heterocycles. The standard InChI is InChI=1S/C15H22ClN3O/c1-4-5-13-8-12(9-14(16)17-13)15(20)19-7-6-18(3)10-11(19)2/h8-9,11H,4-7,10H2,1-3H3. The molecule has 1 atom stereocenters. The second-order valence-electron chi connectivity index (χ2n) is 5.53. The summed E-state index contributed by atoms with van der Waals surface area (Å²) in [5.74, 6) is 0.0623. The summed E-state index contributed by atoms with van der Waals surface area (Å²) in [6.45, 7) is 6.76. The van der Waals surface area contributed by atoms with Crippen LogP contribution < -0.4 is 0 Å². The first kappa shape index (κ1) is 15.3. The number of nitrogens with zero attached hydrogens (tertiary/aromatic N) is 3. The van der Waals surface area contributed by atoms with Gasteiger partial charge in [-0.3, -0.25) is 4.79 Å². The van der Waals surface area contributed by atoms with Crippen LogP contribution in [0.1, 0.15) is 36.3 Å². The highest BCUT2D eigenvalue weighted by molar-refractivity contribution is 6.29. The fraction of sp³-hybridized carbons (Fsp3) is 0.600. The molecule has 0 saturated carbocycles. The predicted molar refractivity (Wildman–Crippen MR) is 81.2 cm³/mol. The fourth-order valence-electron chi connectivity index (χ4n) is 2.67. The number of amides is 1. The quantitative estimate of drug-likeness (QED) is 0.804. The maximum Gasteiger partial charge on any atom is 0.254 e. The number of hydrogen-bond donors (Lipinski definition) is 0. The van der Waals surface area contributed by atoms with Crippen molar-refractivity contribution >= 4 is 17.5 Å². The van der Waals surface area contributed by atoms with Gasteiger partial charge in [0.25, 0.3) is 5.91 Å². The molecular formula is C15H22ClN3O. The van der Waals surface area contributed by atoms with Crippen LogP contribution >= 0.6 is 11.6 Å². The van der Waals surface area contributed by atoms with Crippen LogP contribution in [0.15, 0.2) is 12.1 Å². The summed E-state index contributed by atoms with van der Waals surface area (Å²) in [6, 6.07) is 3.78. The van der Waals surface area contributed by atoms with Gasteiger partial charge in [0.1, 0.15) is 5.15 Å². The van der Waals surface area contributed by atoms with Crippen LogP contribution in [0.2, 0.25) is 5.15 Å². The number of halogens is 1. The first-order chi connectivity index (χ1) is 9.51. The maximum atomic E-state index is 12.6. The van der Waals surface area contributed by atoms with E-state index in [9.17, 15) is 4.79 Å². The van der Waals surface area contributed by atoms with E-state index in [4.69, 9.17) is 11.6 Å². The van der Waals surface area contributed by atoms with E-state index >= 15 is 0 Å². The van der Waals surface area contributed by atoms with Gasteiger partial charge in [-0.1, -0.05) is 24.9 Å². The van der Waals surface area contributed by atoms with Gasteiger partial charge in [0.05, 0.1) is 0 Å². The van der Waals surface area contributed by atoms with Crippen molar-refractivity contribution < 1.29 is 4.79 Å². The summed E-state index contributed by atoms with van der Waals surface area (Å²) >= 11 is 6.04. The van der Waals surface area contributed by atoms with Gasteiger partial charge in [0, 0.05) is 36.9 Å². The van der Waals surface area contributed by atoms with Crippen molar-refractivity contribution in [2.45, 2.75) is 32.7 Å². The number of aryl methyl sites for hydroxylation is 1. The molecule has 0 aliphatic carbocycles. The second kappa shape index (κ2) is 6.55. The van der Waals surface area contributed by atoms with Crippen molar-refractivity contribution in [3.05, 3.63) is 28.5 Å². The Morgan fingerprint density at radius 1 is 1.45 bits per heavy atom. The Labute approximate surface area is 125 Å². The number of likely N-dealkylation sites (N-methyl/N-ethyl adjacent to an activating group) is 1. The van der Waals surface area contributed by atoms with Crippen LogP contribution in [0, 0.1) is 0 Å². The molecule has 1 unspecified atom stereocenters. The molecule has 1 fully saturated rings. The van der Waals surface area contributed by atoms with Crippen LogP contribution in [0.25, 0.3) is 0 Å². The lowest BCUT2D eigenvalue weighted by molar-refractivity contribution is 0.0533. The van der Waals surface area contributed by atoms with Crippen molar-refractivity contribution in [1.82, 2.24) is 14.8 Å². The predicted octanol–water partition coefficient (Wildman–Crippen LogP) is 2.46. The van der Waals surface area contributed by atoms with Gasteiger partial charge >= 0.3 is 0 Å². The minimum atomic E-state index is 0.0623. The topological polar surface area (TPSA) is 36.4 Å². The van der Waals surface area contributed by atoms with Crippen molar-refractivity contribution in [3.8, 4) is 0 Å². The molecule has 20 heavy (non-hydrogen) atoms. The zero-order chi connectivity index (χ0) is 14.7. The fourth-order valence-corrected chi connectivity index (χ4v) is 2.89. The Morgan fingerprint density at radius 3 is 2.85 bits per heavy atom. The molecule has 5 heteroatoms. The molecule has 0 N–H and O–H groups in total. The first-order valence-corrected chi connectivity index (χ1v) is 7.55. The highest BCUT2D eigenvalue weighted by Crippen LogP contribution is 2.17. The molecule has 2 heterocycles. The summed E-state index contributed by atoms with van der Waals surface area (Å²) < 4.78 is 0. The average Bonchev–Trinajstić information content (AvgIpc) is 2.37. The molecule has 0 aromatic carbocycles. The van der Waals surface area contributed by atoms with E-state index in [0.717, 1.165) is 38.2 Å². The summed E-state index contributed by atoms with van der Waals surface area (Å²) in [4.78, 5) is 21.1. The van der Waals surface area contributed by atoms with E-state index in [2.05, 4.69) is 30.8 Å². The van der Waals surface area contributed by atoms with E-state index < -0.39 is 0 Å². The number of aromatic nitrogens is 1. The molecular weight excluding hydrogens is 274 g/mol. The highest BCUT2D eigenvalue weighted by atomic mass is 35.5. The lowest BCUT2D eigenvalue weighted by Gasteiger charge is -2.38. The summed E-state index contributed by atoms with van der Waals surface area (Å²) in [5.41, 5.74) is 1.55. The SMILES string of the molecule is CCCc1cc(C(=O)N2CCN(C)CC2C)cc(Cl)n1. The number of carbonyl (C=O) groups excluding carboxylic acids is 1. The van der Waals surface area contributed by atoms with Crippen LogP contribution in [0.4, 0.5) is 0 Å². The molecule has 4 nitrogen and oxygen atoms in total. The van der Waals surface area contributed by atoms with Crippen molar-refractivity contribution in [2.75, 3.05) is 26.7 Å². The Hall–Kier alpha value is -1.13. The van der Waals surface area contributed by atoms with E-state index in [1.807, 2.05) is 11.0 Å². The van der Waals surface area contributed by atoms with E-state index in [0.29, 0.717) is 10.7 Å². The minimum Gasteiger partial charge on any atom is -0.333 e. The third-order valence-corrected chi connectivity index (χ3v) is 3.89. The molecule has 2 rings (SSSR count). The molecule has 1 aliphatic heterocycles. The third kappa shape index (κ3) is 3.49. The first-order valence-electron chi connectivity index (χ1n) is 7.17. The van der Waals surface area contributed by atoms with Gasteiger partial charge < -0.3 is 9.80 Å². The summed E-state index contributed by atoms with van der Waals surface area (Å²) in [5, 5.41) is 0.404. The highest BCUT2D eigenvalue weighted by Gasteiger charge is 2.26. The molecule has 1 aromatic rings. The normalized spacial score (nSPS) is 20.2. The molecule has 1 aliphatic rings.